The maximum Gasteiger partial charge on any atom is 0.123 e. The summed E-state index contributed by atoms with van der Waals surface area (Å²) in [4.78, 5) is 5.36. The van der Waals surface area contributed by atoms with E-state index in [-0.39, 0.29) is 11.5 Å². The van der Waals surface area contributed by atoms with Gasteiger partial charge in [-0.15, -0.1) is 11.3 Å². The molecule has 3 N–H and O–H groups in total. The van der Waals surface area contributed by atoms with Gasteiger partial charge in [-0.3, -0.25) is 0 Å². The molecule has 0 saturated carbocycles. The van der Waals surface area contributed by atoms with Gasteiger partial charge in [-0.05, 0) is 13.0 Å². The van der Waals surface area contributed by atoms with Gasteiger partial charge in [0.1, 0.15) is 11.5 Å². The van der Waals surface area contributed by atoms with E-state index in [0.717, 1.165) is 17.8 Å². The van der Waals surface area contributed by atoms with E-state index in [0.29, 0.717) is 6.54 Å². The van der Waals surface area contributed by atoms with E-state index in [9.17, 15) is 5.11 Å². The first-order chi connectivity index (χ1) is 8.16. The predicted octanol–water partition coefficient (Wildman–Crippen LogP) is 2.15. The quantitative estimate of drug-likeness (QED) is 0.778. The van der Waals surface area contributed by atoms with Gasteiger partial charge >= 0.3 is 0 Å². The number of phenolic OH excluding ortho intramolecular Hbond substituents is 2. The Morgan fingerprint density at radius 3 is 2.76 bits per heavy atom. The van der Waals surface area contributed by atoms with Crippen molar-refractivity contribution in [2.24, 2.45) is 0 Å². The fourth-order valence-corrected chi connectivity index (χ4v) is 2.26. The number of phenols is 2. The Morgan fingerprint density at radius 1 is 1.29 bits per heavy atom. The van der Waals surface area contributed by atoms with E-state index in [1.165, 1.54) is 10.9 Å². The SMILES string of the molecule is Cc1ncsc1CNCc1ccc(O)cc1O. The van der Waals surface area contributed by atoms with Crippen LogP contribution >= 0.6 is 11.3 Å². The molecule has 2 rings (SSSR count). The molecule has 90 valence electrons. The monoisotopic (exact) mass is 250 g/mol. The maximum atomic E-state index is 9.59. The fourth-order valence-electron chi connectivity index (χ4n) is 1.51. The number of hydrogen-bond donors (Lipinski definition) is 3. The zero-order chi connectivity index (χ0) is 12.3. The molecule has 0 fully saturated rings. The smallest absolute Gasteiger partial charge is 0.123 e. The van der Waals surface area contributed by atoms with Crippen molar-refractivity contribution in [3.05, 3.63) is 39.8 Å². The minimum absolute atomic E-state index is 0.0737. The van der Waals surface area contributed by atoms with Crippen molar-refractivity contribution in [3.63, 3.8) is 0 Å². The molecule has 1 aromatic carbocycles. The van der Waals surface area contributed by atoms with Crippen LogP contribution in [0.4, 0.5) is 0 Å². The van der Waals surface area contributed by atoms with Crippen LogP contribution in [0.25, 0.3) is 0 Å². The highest BCUT2D eigenvalue weighted by Gasteiger charge is 2.04. The number of aryl methyl sites for hydroxylation is 1. The lowest BCUT2D eigenvalue weighted by molar-refractivity contribution is 0.443. The second-order valence-corrected chi connectivity index (χ2v) is 4.72. The second kappa shape index (κ2) is 5.16. The lowest BCUT2D eigenvalue weighted by atomic mass is 10.2. The van der Waals surface area contributed by atoms with Crippen molar-refractivity contribution in [2.75, 3.05) is 0 Å². The van der Waals surface area contributed by atoms with Crippen LogP contribution in [0.5, 0.6) is 11.5 Å². The van der Waals surface area contributed by atoms with E-state index in [1.54, 1.807) is 23.5 Å². The summed E-state index contributed by atoms with van der Waals surface area (Å²) >= 11 is 1.62. The van der Waals surface area contributed by atoms with E-state index in [4.69, 9.17) is 5.11 Å². The zero-order valence-electron chi connectivity index (χ0n) is 9.47. The fraction of sp³-hybridized carbons (Fsp3) is 0.250. The molecule has 1 aromatic heterocycles. The third kappa shape index (κ3) is 2.95. The molecule has 0 unspecified atom stereocenters. The van der Waals surface area contributed by atoms with Gasteiger partial charge in [-0.1, -0.05) is 6.07 Å². The molecule has 2 aromatic rings. The molecule has 0 amide bonds. The summed E-state index contributed by atoms with van der Waals surface area (Å²) in [5, 5.41) is 22.0. The van der Waals surface area contributed by atoms with Gasteiger partial charge in [0.2, 0.25) is 0 Å². The van der Waals surface area contributed by atoms with Gasteiger partial charge < -0.3 is 15.5 Å². The topological polar surface area (TPSA) is 65.4 Å². The summed E-state index contributed by atoms with van der Waals surface area (Å²) in [5.41, 5.74) is 3.63. The lowest BCUT2D eigenvalue weighted by Crippen LogP contribution is -2.12. The van der Waals surface area contributed by atoms with Gasteiger partial charge in [-0.2, -0.15) is 0 Å². The Balaban J connectivity index is 1.92. The van der Waals surface area contributed by atoms with E-state index < -0.39 is 0 Å². The molecule has 0 spiro atoms. The number of hydrogen-bond acceptors (Lipinski definition) is 5. The number of nitrogens with zero attached hydrogens (tertiary/aromatic N) is 1. The summed E-state index contributed by atoms with van der Waals surface area (Å²) in [6, 6.07) is 4.61. The van der Waals surface area contributed by atoms with E-state index >= 15 is 0 Å². The van der Waals surface area contributed by atoms with Crippen molar-refractivity contribution < 1.29 is 10.2 Å². The van der Waals surface area contributed by atoms with Gasteiger partial charge in [0.15, 0.2) is 0 Å². The van der Waals surface area contributed by atoms with Crippen LogP contribution in [0.3, 0.4) is 0 Å². The molecular weight excluding hydrogens is 236 g/mol. The largest absolute Gasteiger partial charge is 0.508 e. The molecule has 0 aliphatic carbocycles. The summed E-state index contributed by atoms with van der Waals surface area (Å²) < 4.78 is 0. The first kappa shape index (κ1) is 11.9. The van der Waals surface area contributed by atoms with Crippen LogP contribution < -0.4 is 5.32 Å². The highest BCUT2D eigenvalue weighted by atomic mass is 32.1. The first-order valence-corrected chi connectivity index (χ1v) is 6.15. The van der Waals surface area contributed by atoms with E-state index in [1.807, 2.05) is 12.4 Å². The molecule has 0 atom stereocenters. The van der Waals surface area contributed by atoms with Gasteiger partial charge in [0.25, 0.3) is 0 Å². The van der Waals surface area contributed by atoms with Crippen LogP contribution in [0.2, 0.25) is 0 Å². The van der Waals surface area contributed by atoms with Crippen molar-refractivity contribution in [1.29, 1.82) is 0 Å². The second-order valence-electron chi connectivity index (χ2n) is 3.78. The molecule has 0 bridgehead atoms. The summed E-state index contributed by atoms with van der Waals surface area (Å²) in [6.07, 6.45) is 0. The summed E-state index contributed by atoms with van der Waals surface area (Å²) in [6.45, 7) is 3.27. The average Bonchev–Trinajstić information content (AvgIpc) is 2.68. The summed E-state index contributed by atoms with van der Waals surface area (Å²) in [5.74, 6) is 0.183. The molecule has 0 saturated heterocycles. The van der Waals surface area contributed by atoms with Crippen LogP contribution in [-0.2, 0) is 13.1 Å². The highest BCUT2D eigenvalue weighted by molar-refractivity contribution is 7.09. The molecule has 1 heterocycles. The maximum absolute atomic E-state index is 9.59. The number of aromatic nitrogens is 1. The van der Waals surface area contributed by atoms with E-state index in [2.05, 4.69) is 10.3 Å². The standard InChI is InChI=1S/C12H14N2O2S/c1-8-12(17-7-14-8)6-13-5-9-2-3-10(15)4-11(9)16/h2-4,7,13,15-16H,5-6H2,1H3. The number of aromatic hydroxyl groups is 2. The van der Waals surface area contributed by atoms with Crippen molar-refractivity contribution in [2.45, 2.75) is 20.0 Å². The van der Waals surface area contributed by atoms with Gasteiger partial charge in [0, 0.05) is 29.6 Å². The molecular formula is C12H14N2O2S. The van der Waals surface area contributed by atoms with Crippen LogP contribution in [-0.4, -0.2) is 15.2 Å². The number of thiazole rings is 1. The Morgan fingerprint density at radius 2 is 2.12 bits per heavy atom. The summed E-state index contributed by atoms with van der Waals surface area (Å²) in [7, 11) is 0. The molecule has 5 heteroatoms. The van der Waals surface area contributed by atoms with Crippen molar-refractivity contribution in [1.82, 2.24) is 10.3 Å². The third-order valence-electron chi connectivity index (χ3n) is 2.51. The van der Waals surface area contributed by atoms with Gasteiger partial charge in [-0.25, -0.2) is 4.98 Å². The lowest BCUT2D eigenvalue weighted by Gasteiger charge is -2.06. The Bertz CT molecular complexity index is 511. The number of nitrogens with one attached hydrogen (secondary N) is 1. The van der Waals surface area contributed by atoms with Crippen molar-refractivity contribution >= 4 is 11.3 Å². The number of benzene rings is 1. The third-order valence-corrected chi connectivity index (χ3v) is 3.45. The van der Waals surface area contributed by atoms with Gasteiger partial charge in [0.05, 0.1) is 11.2 Å². The molecule has 17 heavy (non-hydrogen) atoms. The minimum atomic E-state index is 0.0737. The molecule has 4 nitrogen and oxygen atoms in total. The van der Waals surface area contributed by atoms with Crippen LogP contribution in [0.15, 0.2) is 23.7 Å². The molecule has 0 radical (unpaired) electrons. The Kier molecular flexibility index (Phi) is 3.61. The molecule has 0 aliphatic heterocycles. The minimum Gasteiger partial charge on any atom is -0.508 e. The Labute approximate surface area is 104 Å². The number of rotatable bonds is 4. The van der Waals surface area contributed by atoms with Crippen LogP contribution in [0.1, 0.15) is 16.1 Å². The molecule has 0 aliphatic rings. The van der Waals surface area contributed by atoms with Crippen LogP contribution in [0, 0.1) is 6.92 Å². The average molecular weight is 250 g/mol. The first-order valence-electron chi connectivity index (χ1n) is 5.27. The Hall–Kier alpha value is -1.59. The zero-order valence-corrected chi connectivity index (χ0v) is 10.3. The van der Waals surface area contributed by atoms with Crippen molar-refractivity contribution in [3.8, 4) is 11.5 Å². The predicted molar refractivity (Wildman–Crippen MR) is 67.2 cm³/mol. The normalized spacial score (nSPS) is 10.6. The highest BCUT2D eigenvalue weighted by Crippen LogP contribution is 2.22.